The van der Waals surface area contributed by atoms with E-state index in [1.54, 1.807) is 19.1 Å². The molecule has 9 atom stereocenters. The van der Waals surface area contributed by atoms with E-state index >= 15 is 0 Å². The van der Waals surface area contributed by atoms with Crippen LogP contribution in [0.5, 0.6) is 0 Å². The molecule has 0 unspecified atom stereocenters. The maximum Gasteiger partial charge on any atom is 0.336 e. The number of aliphatic hydroxyl groups excluding tert-OH is 4. The van der Waals surface area contributed by atoms with E-state index in [2.05, 4.69) is 0 Å². The van der Waals surface area contributed by atoms with Gasteiger partial charge in [0.15, 0.2) is 0 Å². The molecular weight excluding hydrogens is 556 g/mol. The van der Waals surface area contributed by atoms with E-state index < -0.39 is 83.7 Å². The Kier molecular flexibility index (Phi) is 9.00. The Balaban J connectivity index is 1.56. The molecular formula is C29H38O13. The van der Waals surface area contributed by atoms with Crippen LogP contribution in [0.25, 0.3) is 0 Å². The number of rotatable bonds is 7. The second-order valence-corrected chi connectivity index (χ2v) is 11.5. The van der Waals surface area contributed by atoms with E-state index in [1.807, 2.05) is 0 Å². The Morgan fingerprint density at radius 1 is 1.12 bits per heavy atom. The van der Waals surface area contributed by atoms with Gasteiger partial charge in [0.25, 0.3) is 0 Å². The molecule has 2 saturated heterocycles. The number of esters is 4. The Bertz CT molecular complexity index is 1200. The third-order valence-corrected chi connectivity index (χ3v) is 9.03. The summed E-state index contributed by atoms with van der Waals surface area (Å²) in [6.45, 7) is 3.73. The SMILES string of the molecule is COC(=O)C1=CC[C@@]23CC[C@@H]([C@@](C)(/C=C/C=C(/C)C(=O)O[C@@H]4O[C@H](CO)[C@@H](O)[C@H](O)[C@H]4O)OC2=O)[C@@]3(OC(C)=O)CC1. The molecule has 0 aromatic carbocycles. The number of aliphatic hydroxyl groups is 4. The third kappa shape index (κ3) is 5.28. The van der Waals surface area contributed by atoms with Gasteiger partial charge >= 0.3 is 23.9 Å². The number of hydrogen-bond acceptors (Lipinski definition) is 13. The lowest BCUT2D eigenvalue weighted by atomic mass is 9.62. The van der Waals surface area contributed by atoms with Crippen molar-refractivity contribution in [3.05, 3.63) is 35.5 Å². The zero-order valence-corrected chi connectivity index (χ0v) is 24.0. The lowest BCUT2D eigenvalue weighted by Gasteiger charge is -2.54. The number of cyclic esters (lactones) is 1. The zero-order valence-electron chi connectivity index (χ0n) is 24.0. The van der Waals surface area contributed by atoms with E-state index in [9.17, 15) is 39.6 Å². The van der Waals surface area contributed by atoms with Crippen molar-refractivity contribution in [2.24, 2.45) is 11.3 Å². The molecule has 2 aliphatic heterocycles. The van der Waals surface area contributed by atoms with Crippen LogP contribution in [0.1, 0.15) is 52.9 Å². The number of allylic oxidation sites excluding steroid dienone is 3. The molecule has 3 fully saturated rings. The van der Waals surface area contributed by atoms with Crippen LogP contribution >= 0.6 is 0 Å². The normalized spacial score (nSPS) is 40.0. The van der Waals surface area contributed by atoms with Crippen molar-refractivity contribution in [2.45, 2.75) is 94.8 Å². The van der Waals surface area contributed by atoms with Crippen molar-refractivity contribution in [3.63, 3.8) is 0 Å². The molecule has 2 heterocycles. The lowest BCUT2D eigenvalue weighted by Crippen LogP contribution is -2.65. The van der Waals surface area contributed by atoms with Gasteiger partial charge in [0, 0.05) is 24.0 Å². The number of methoxy groups -OCH3 is 1. The minimum absolute atomic E-state index is 0.0609. The monoisotopic (exact) mass is 594 g/mol. The van der Waals surface area contributed by atoms with Gasteiger partial charge < -0.3 is 44.1 Å². The summed E-state index contributed by atoms with van der Waals surface area (Å²) in [5.41, 5.74) is -3.17. The van der Waals surface area contributed by atoms with Crippen LogP contribution in [0.15, 0.2) is 35.5 Å². The summed E-state index contributed by atoms with van der Waals surface area (Å²) in [5.74, 6) is -2.97. The van der Waals surface area contributed by atoms with Crippen molar-refractivity contribution < 1.29 is 63.3 Å². The highest BCUT2D eigenvalue weighted by atomic mass is 16.7. The summed E-state index contributed by atoms with van der Waals surface area (Å²) in [7, 11) is 1.28. The Morgan fingerprint density at radius 2 is 1.83 bits per heavy atom. The summed E-state index contributed by atoms with van der Waals surface area (Å²) >= 11 is 0. The van der Waals surface area contributed by atoms with E-state index in [0.29, 0.717) is 18.4 Å². The van der Waals surface area contributed by atoms with Gasteiger partial charge in [-0.1, -0.05) is 18.2 Å². The van der Waals surface area contributed by atoms with Crippen LogP contribution in [0.3, 0.4) is 0 Å². The Hall–Kier alpha value is -3.10. The molecule has 1 saturated carbocycles. The molecule has 4 aliphatic rings. The number of ether oxygens (including phenoxy) is 5. The van der Waals surface area contributed by atoms with Crippen LogP contribution in [0.4, 0.5) is 0 Å². The molecule has 0 amide bonds. The highest BCUT2D eigenvalue weighted by molar-refractivity contribution is 5.90. The fourth-order valence-corrected chi connectivity index (χ4v) is 6.81. The molecule has 4 N–H and O–H groups in total. The van der Waals surface area contributed by atoms with Crippen LogP contribution in [-0.4, -0.2) is 99.9 Å². The molecule has 2 aliphatic carbocycles. The minimum Gasteiger partial charge on any atom is -0.466 e. The third-order valence-electron chi connectivity index (χ3n) is 9.03. The first-order valence-corrected chi connectivity index (χ1v) is 13.8. The van der Waals surface area contributed by atoms with Crippen molar-refractivity contribution in [1.29, 1.82) is 0 Å². The van der Waals surface area contributed by atoms with E-state index in [0.717, 1.165) is 0 Å². The molecule has 42 heavy (non-hydrogen) atoms. The zero-order chi connectivity index (χ0) is 31.0. The van der Waals surface area contributed by atoms with E-state index in [1.165, 1.54) is 33.1 Å². The first kappa shape index (κ1) is 31.8. The summed E-state index contributed by atoms with van der Waals surface area (Å²) in [5, 5.41) is 39.3. The smallest absolute Gasteiger partial charge is 0.336 e. The van der Waals surface area contributed by atoms with Gasteiger partial charge in [-0.25, -0.2) is 9.59 Å². The fraction of sp³-hybridized carbons (Fsp3) is 0.655. The summed E-state index contributed by atoms with van der Waals surface area (Å²) < 4.78 is 27.3. The molecule has 13 nitrogen and oxygen atoms in total. The Labute approximate surface area is 242 Å². The fourth-order valence-electron chi connectivity index (χ4n) is 6.81. The molecule has 0 spiro atoms. The Morgan fingerprint density at radius 3 is 2.48 bits per heavy atom. The second kappa shape index (κ2) is 11.9. The van der Waals surface area contributed by atoms with E-state index in [4.69, 9.17) is 23.7 Å². The van der Waals surface area contributed by atoms with Crippen LogP contribution in [-0.2, 0) is 42.9 Å². The van der Waals surface area contributed by atoms with Crippen molar-refractivity contribution >= 4 is 23.9 Å². The number of hydrogen-bond donors (Lipinski definition) is 4. The number of carbonyl (C=O) groups excluding carboxylic acids is 4. The number of carbonyl (C=O) groups is 4. The van der Waals surface area contributed by atoms with Crippen molar-refractivity contribution in [2.75, 3.05) is 13.7 Å². The largest absolute Gasteiger partial charge is 0.466 e. The second-order valence-electron chi connectivity index (χ2n) is 11.5. The summed E-state index contributed by atoms with van der Waals surface area (Å²) in [6, 6.07) is 0. The highest BCUT2D eigenvalue weighted by Gasteiger charge is 2.74. The van der Waals surface area contributed by atoms with Gasteiger partial charge in [-0.15, -0.1) is 0 Å². The van der Waals surface area contributed by atoms with Crippen LogP contribution in [0, 0.1) is 11.3 Å². The molecule has 0 aromatic heterocycles. The van der Waals surface area contributed by atoms with Crippen molar-refractivity contribution in [3.8, 4) is 0 Å². The van der Waals surface area contributed by atoms with Gasteiger partial charge in [-0.05, 0) is 52.0 Å². The molecule has 0 radical (unpaired) electrons. The topological polar surface area (TPSA) is 195 Å². The summed E-state index contributed by atoms with van der Waals surface area (Å²) in [6.07, 6.45) is -0.247. The van der Waals surface area contributed by atoms with Crippen molar-refractivity contribution in [1.82, 2.24) is 0 Å². The lowest BCUT2D eigenvalue weighted by molar-refractivity contribution is -0.291. The quantitative estimate of drug-likeness (QED) is 0.135. The van der Waals surface area contributed by atoms with Gasteiger partial charge in [-0.2, -0.15) is 0 Å². The van der Waals surface area contributed by atoms with Gasteiger partial charge in [0.2, 0.25) is 6.29 Å². The molecule has 232 valence electrons. The van der Waals surface area contributed by atoms with Crippen LogP contribution in [0.2, 0.25) is 0 Å². The molecule has 2 bridgehead atoms. The molecule has 4 rings (SSSR count). The molecule has 13 heteroatoms. The van der Waals surface area contributed by atoms with Gasteiger partial charge in [-0.3, -0.25) is 9.59 Å². The maximum atomic E-state index is 13.7. The minimum atomic E-state index is -1.75. The molecule has 0 aromatic rings. The summed E-state index contributed by atoms with van der Waals surface area (Å²) in [4.78, 5) is 51.1. The average molecular weight is 595 g/mol. The van der Waals surface area contributed by atoms with Gasteiger partial charge in [0.1, 0.15) is 41.0 Å². The highest BCUT2D eigenvalue weighted by Crippen LogP contribution is 2.65. The predicted molar refractivity (Wildman–Crippen MR) is 141 cm³/mol. The average Bonchev–Trinajstić information content (AvgIpc) is 3.09. The predicted octanol–water partition coefficient (Wildman–Crippen LogP) is 0.129. The first-order valence-electron chi connectivity index (χ1n) is 13.8. The maximum absolute atomic E-state index is 13.7. The standard InChI is InChI=1S/C29H38O13/c1-15(23(35)40-25-22(34)21(33)20(32)18(14-30)39-25)6-5-10-27(3)19-9-12-28(26(37)42-27)11-7-17(24(36)38-4)8-13-29(19,28)41-16(2)31/h5-7,10,18-22,25,30,32-34H,8-9,11-14H2,1-4H3/b10-5+,15-6-/t18-,19+,20-,21+,22-,25+,27-,28-,29+/m1/s1. The first-order chi connectivity index (χ1) is 19.7. The van der Waals surface area contributed by atoms with Crippen LogP contribution < -0.4 is 0 Å². The van der Waals surface area contributed by atoms with E-state index in [-0.39, 0.29) is 24.8 Å². The van der Waals surface area contributed by atoms with Gasteiger partial charge in [0.05, 0.1) is 13.7 Å².